The topological polar surface area (TPSA) is 37.4 Å². The first-order chi connectivity index (χ1) is 7.48. The van der Waals surface area contributed by atoms with Gasteiger partial charge in [-0.05, 0) is 25.5 Å². The molecule has 0 heterocycles. The van der Waals surface area contributed by atoms with Gasteiger partial charge in [0.1, 0.15) is 0 Å². The minimum absolute atomic E-state index is 0.329. The quantitative estimate of drug-likeness (QED) is 0.763. The van der Waals surface area contributed by atoms with E-state index in [0.717, 1.165) is 5.56 Å². The highest BCUT2D eigenvalue weighted by Gasteiger charge is 2.19. The summed E-state index contributed by atoms with van der Waals surface area (Å²) in [4.78, 5) is 0.329. The van der Waals surface area contributed by atoms with Crippen molar-refractivity contribution < 1.29 is 8.42 Å². The predicted molar refractivity (Wildman–Crippen MR) is 66.3 cm³/mol. The van der Waals surface area contributed by atoms with Crippen LogP contribution in [0.1, 0.15) is 12.0 Å². The molecule has 0 unspecified atom stereocenters. The zero-order chi connectivity index (χ0) is 12.2. The van der Waals surface area contributed by atoms with E-state index in [4.69, 9.17) is 11.6 Å². The van der Waals surface area contributed by atoms with E-state index in [0.29, 0.717) is 23.7 Å². The van der Waals surface area contributed by atoms with Crippen LogP contribution in [0.3, 0.4) is 0 Å². The van der Waals surface area contributed by atoms with Crippen LogP contribution in [0.2, 0.25) is 0 Å². The number of rotatable bonds is 5. The number of hydrogen-bond donors (Lipinski definition) is 0. The lowest BCUT2D eigenvalue weighted by molar-refractivity contribution is 0.469. The number of sulfonamides is 1. The van der Waals surface area contributed by atoms with Crippen LogP contribution in [0, 0.1) is 6.92 Å². The average Bonchev–Trinajstić information content (AvgIpc) is 2.26. The maximum atomic E-state index is 12.0. The molecule has 3 nitrogen and oxygen atoms in total. The summed E-state index contributed by atoms with van der Waals surface area (Å²) in [5.41, 5.74) is 1.04. The van der Waals surface area contributed by atoms with Crippen molar-refractivity contribution in [3.8, 4) is 0 Å². The second kappa shape index (κ2) is 5.66. The van der Waals surface area contributed by atoms with Crippen LogP contribution in [0.5, 0.6) is 0 Å². The Hall–Kier alpha value is -0.580. The Labute approximate surface area is 102 Å². The molecule has 0 aliphatic carbocycles. The third kappa shape index (κ3) is 3.20. The molecule has 0 saturated carbocycles. The summed E-state index contributed by atoms with van der Waals surface area (Å²) in [6, 6.07) is 6.84. The second-order valence-corrected chi connectivity index (χ2v) is 6.11. The maximum absolute atomic E-state index is 12.0. The Balaban J connectivity index is 2.89. The van der Waals surface area contributed by atoms with Gasteiger partial charge in [-0.25, -0.2) is 12.7 Å². The highest BCUT2D eigenvalue weighted by molar-refractivity contribution is 7.89. The van der Waals surface area contributed by atoms with Gasteiger partial charge >= 0.3 is 0 Å². The molecule has 0 aliphatic rings. The van der Waals surface area contributed by atoms with E-state index in [1.807, 2.05) is 6.92 Å². The number of nitrogens with zero attached hydrogens (tertiary/aromatic N) is 1. The summed E-state index contributed by atoms with van der Waals surface area (Å²) in [5.74, 6) is 0.466. The molecule has 1 rings (SSSR count). The molecule has 0 spiro atoms. The molecule has 0 N–H and O–H groups in total. The molecule has 0 fully saturated rings. The molecule has 0 saturated heterocycles. The summed E-state index contributed by atoms with van der Waals surface area (Å²) < 4.78 is 25.4. The van der Waals surface area contributed by atoms with E-state index in [1.165, 1.54) is 4.31 Å². The largest absolute Gasteiger partial charge is 0.242 e. The van der Waals surface area contributed by atoms with E-state index >= 15 is 0 Å². The molecule has 0 aliphatic heterocycles. The van der Waals surface area contributed by atoms with Crippen molar-refractivity contribution in [3.63, 3.8) is 0 Å². The van der Waals surface area contributed by atoms with Gasteiger partial charge in [-0.2, -0.15) is 0 Å². The van der Waals surface area contributed by atoms with E-state index in [9.17, 15) is 8.42 Å². The molecule has 0 aromatic heterocycles. The lowest BCUT2D eigenvalue weighted by Gasteiger charge is -2.16. The molecule has 0 radical (unpaired) electrons. The van der Waals surface area contributed by atoms with Crippen molar-refractivity contribution >= 4 is 21.6 Å². The first kappa shape index (κ1) is 13.5. The summed E-state index contributed by atoms with van der Waals surface area (Å²) in [7, 11) is -1.78. The molecule has 5 heteroatoms. The fourth-order valence-corrected chi connectivity index (χ4v) is 2.62. The lowest BCUT2D eigenvalue weighted by Crippen LogP contribution is -2.28. The van der Waals surface area contributed by atoms with Crippen LogP contribution in [0.4, 0.5) is 0 Å². The standard InChI is InChI=1S/C11H16ClNO2S/c1-10-4-6-11(7-5-10)16(14,15)13(2)9-3-8-12/h4-7H,3,8-9H2,1-2H3. The minimum Gasteiger partial charge on any atom is -0.207 e. The third-order valence-corrected chi connectivity index (χ3v) is 4.47. The molecule has 16 heavy (non-hydrogen) atoms. The average molecular weight is 262 g/mol. The second-order valence-electron chi connectivity index (χ2n) is 3.68. The lowest BCUT2D eigenvalue weighted by atomic mass is 10.2. The smallest absolute Gasteiger partial charge is 0.207 e. The molecule has 0 amide bonds. The molecule has 90 valence electrons. The minimum atomic E-state index is -3.35. The van der Waals surface area contributed by atoms with Crippen molar-refractivity contribution in [2.75, 3.05) is 19.5 Å². The molecule has 0 atom stereocenters. The fraction of sp³-hybridized carbons (Fsp3) is 0.455. The van der Waals surface area contributed by atoms with Crippen LogP contribution in [-0.4, -0.2) is 32.2 Å². The van der Waals surface area contributed by atoms with Gasteiger partial charge in [-0.15, -0.1) is 11.6 Å². The van der Waals surface area contributed by atoms with Gasteiger partial charge in [-0.1, -0.05) is 17.7 Å². The number of halogens is 1. The Morgan fingerprint density at radius 3 is 2.31 bits per heavy atom. The fourth-order valence-electron chi connectivity index (χ4n) is 1.29. The van der Waals surface area contributed by atoms with E-state index in [-0.39, 0.29) is 0 Å². The van der Waals surface area contributed by atoms with Crippen molar-refractivity contribution in [3.05, 3.63) is 29.8 Å². The highest BCUT2D eigenvalue weighted by Crippen LogP contribution is 2.15. The summed E-state index contributed by atoms with van der Waals surface area (Å²) in [5, 5.41) is 0. The normalized spacial score (nSPS) is 12.0. The van der Waals surface area contributed by atoms with Crippen molar-refractivity contribution in [2.24, 2.45) is 0 Å². The van der Waals surface area contributed by atoms with Gasteiger partial charge in [0.2, 0.25) is 10.0 Å². The van der Waals surface area contributed by atoms with Gasteiger partial charge in [0.25, 0.3) is 0 Å². The molecule has 1 aromatic rings. The van der Waals surface area contributed by atoms with Gasteiger partial charge in [0.05, 0.1) is 4.90 Å². The SMILES string of the molecule is Cc1ccc(S(=O)(=O)N(C)CCCCl)cc1. The molecular weight excluding hydrogens is 246 g/mol. The zero-order valence-corrected chi connectivity index (χ0v) is 11.1. The van der Waals surface area contributed by atoms with Crippen molar-refractivity contribution in [2.45, 2.75) is 18.2 Å². The van der Waals surface area contributed by atoms with Crippen LogP contribution < -0.4 is 0 Å². The Kier molecular flexibility index (Phi) is 4.77. The van der Waals surface area contributed by atoms with Gasteiger partial charge < -0.3 is 0 Å². The Bertz CT molecular complexity index is 428. The predicted octanol–water partition coefficient (Wildman–Crippen LogP) is 2.24. The van der Waals surface area contributed by atoms with E-state index < -0.39 is 10.0 Å². The maximum Gasteiger partial charge on any atom is 0.242 e. The number of alkyl halides is 1. The zero-order valence-electron chi connectivity index (χ0n) is 9.48. The molecule has 1 aromatic carbocycles. The number of hydrogen-bond acceptors (Lipinski definition) is 2. The van der Waals surface area contributed by atoms with Gasteiger partial charge in [0.15, 0.2) is 0 Å². The van der Waals surface area contributed by atoms with Crippen LogP contribution >= 0.6 is 11.6 Å². The Morgan fingerprint density at radius 2 is 1.81 bits per heavy atom. The number of benzene rings is 1. The van der Waals surface area contributed by atoms with Crippen LogP contribution in [0.25, 0.3) is 0 Å². The first-order valence-corrected chi connectivity index (χ1v) is 7.05. The van der Waals surface area contributed by atoms with Crippen molar-refractivity contribution in [1.82, 2.24) is 4.31 Å². The van der Waals surface area contributed by atoms with E-state index in [2.05, 4.69) is 0 Å². The third-order valence-electron chi connectivity index (χ3n) is 2.34. The summed E-state index contributed by atoms with van der Waals surface area (Å²) >= 11 is 5.54. The first-order valence-electron chi connectivity index (χ1n) is 5.07. The monoisotopic (exact) mass is 261 g/mol. The summed E-state index contributed by atoms with van der Waals surface area (Å²) in [6.45, 7) is 2.37. The van der Waals surface area contributed by atoms with Gasteiger partial charge in [0, 0.05) is 19.5 Å². The van der Waals surface area contributed by atoms with Crippen LogP contribution in [-0.2, 0) is 10.0 Å². The Morgan fingerprint density at radius 1 is 1.25 bits per heavy atom. The van der Waals surface area contributed by atoms with Crippen LogP contribution in [0.15, 0.2) is 29.2 Å². The summed E-state index contributed by atoms with van der Waals surface area (Å²) in [6.07, 6.45) is 0.656. The van der Waals surface area contributed by atoms with Crippen molar-refractivity contribution in [1.29, 1.82) is 0 Å². The van der Waals surface area contributed by atoms with E-state index in [1.54, 1.807) is 31.3 Å². The highest BCUT2D eigenvalue weighted by atomic mass is 35.5. The number of aryl methyl sites for hydroxylation is 1. The molecule has 0 bridgehead atoms. The molecular formula is C11H16ClNO2S. The van der Waals surface area contributed by atoms with Gasteiger partial charge in [-0.3, -0.25) is 0 Å².